The largest absolute Gasteiger partial charge is 0.383 e. The molecule has 0 radical (unpaired) electrons. The van der Waals surface area contributed by atoms with Crippen LogP contribution in [-0.2, 0) is 19.4 Å². The van der Waals surface area contributed by atoms with Gasteiger partial charge >= 0.3 is 0 Å². The van der Waals surface area contributed by atoms with E-state index in [2.05, 4.69) is 10.6 Å². The van der Waals surface area contributed by atoms with Crippen molar-refractivity contribution in [3.63, 3.8) is 0 Å². The number of nitrogens with one attached hydrogen (secondary N) is 2. The maximum absolute atomic E-state index is 11.6. The summed E-state index contributed by atoms with van der Waals surface area (Å²) in [7, 11) is -1.72. The van der Waals surface area contributed by atoms with Gasteiger partial charge in [-0.3, -0.25) is 4.79 Å². The van der Waals surface area contributed by atoms with Crippen LogP contribution in [0.25, 0.3) is 0 Å². The molecule has 0 atom stereocenters. The second-order valence-electron chi connectivity index (χ2n) is 4.29. The molecule has 0 aliphatic carbocycles. The van der Waals surface area contributed by atoms with Gasteiger partial charge in [0, 0.05) is 32.9 Å². The van der Waals surface area contributed by atoms with Crippen molar-refractivity contribution in [1.82, 2.24) is 5.32 Å². The molecule has 0 aliphatic rings. The van der Waals surface area contributed by atoms with Crippen LogP contribution < -0.4 is 10.6 Å². The summed E-state index contributed by atoms with van der Waals surface area (Å²) >= 11 is 0. The van der Waals surface area contributed by atoms with Crippen LogP contribution in [0.4, 0.5) is 5.69 Å². The van der Waals surface area contributed by atoms with Crippen molar-refractivity contribution in [2.24, 2.45) is 0 Å². The van der Waals surface area contributed by atoms with Crippen LogP contribution >= 0.6 is 0 Å². The van der Waals surface area contributed by atoms with Crippen molar-refractivity contribution in [2.75, 3.05) is 38.4 Å². The van der Waals surface area contributed by atoms with Crippen LogP contribution in [0.2, 0.25) is 0 Å². The number of carbonyl (C=O) groups is 1. The lowest BCUT2D eigenvalue weighted by Gasteiger charge is -2.10. The van der Waals surface area contributed by atoms with Gasteiger partial charge in [0.25, 0.3) is 0 Å². The van der Waals surface area contributed by atoms with Crippen molar-refractivity contribution in [1.29, 1.82) is 0 Å². The van der Waals surface area contributed by atoms with Crippen LogP contribution in [-0.4, -0.2) is 47.4 Å². The average molecular weight is 300 g/mol. The first-order valence-corrected chi connectivity index (χ1v) is 8.13. The van der Waals surface area contributed by atoms with E-state index in [1.165, 1.54) is 6.07 Å². The number of amides is 1. The molecule has 1 amide bonds. The fraction of sp³-hybridized carbons (Fsp3) is 0.462. The second-order valence-corrected chi connectivity index (χ2v) is 6.27. The molecule has 0 saturated carbocycles. The van der Waals surface area contributed by atoms with Crippen LogP contribution in [0, 0.1) is 0 Å². The highest BCUT2D eigenvalue weighted by atomic mass is 32.2. The Kier molecular flexibility index (Phi) is 6.47. The molecule has 1 aromatic rings. The summed E-state index contributed by atoms with van der Waals surface area (Å²) in [5.41, 5.74) is 0.514. The molecule has 0 spiro atoms. The van der Waals surface area contributed by atoms with Gasteiger partial charge in [0.1, 0.15) is 0 Å². The minimum absolute atomic E-state index is 0.105. The summed E-state index contributed by atoms with van der Waals surface area (Å²) in [6, 6.07) is 6.63. The smallest absolute Gasteiger partial charge is 0.221 e. The second kappa shape index (κ2) is 7.86. The molecule has 7 heteroatoms. The Morgan fingerprint density at radius 1 is 1.25 bits per heavy atom. The fourth-order valence-corrected chi connectivity index (χ4v) is 2.49. The zero-order valence-electron chi connectivity index (χ0n) is 11.7. The number of hydrogen-bond donors (Lipinski definition) is 2. The highest BCUT2D eigenvalue weighted by Gasteiger charge is 2.12. The van der Waals surface area contributed by atoms with Gasteiger partial charge < -0.3 is 15.4 Å². The summed E-state index contributed by atoms with van der Waals surface area (Å²) in [6.07, 6.45) is 1.42. The Bertz CT molecular complexity index is 543. The van der Waals surface area contributed by atoms with E-state index in [4.69, 9.17) is 4.74 Å². The number of sulfone groups is 1. The van der Waals surface area contributed by atoms with E-state index in [9.17, 15) is 13.2 Å². The predicted octanol–water partition coefficient (Wildman–Crippen LogP) is 0.655. The number of anilines is 1. The highest BCUT2D eigenvalue weighted by Crippen LogP contribution is 2.20. The molecule has 0 bridgehead atoms. The molecule has 0 heterocycles. The van der Waals surface area contributed by atoms with Gasteiger partial charge in [-0.25, -0.2) is 8.42 Å². The third-order valence-corrected chi connectivity index (χ3v) is 3.74. The number of para-hydroxylation sites is 1. The zero-order valence-corrected chi connectivity index (χ0v) is 12.5. The molecule has 0 saturated heterocycles. The van der Waals surface area contributed by atoms with Gasteiger partial charge in [0.2, 0.25) is 5.91 Å². The van der Waals surface area contributed by atoms with Crippen molar-refractivity contribution in [2.45, 2.75) is 11.3 Å². The third-order valence-electron chi connectivity index (χ3n) is 2.58. The molecule has 20 heavy (non-hydrogen) atoms. The van der Waals surface area contributed by atoms with E-state index in [1.807, 2.05) is 0 Å². The maximum atomic E-state index is 11.6. The van der Waals surface area contributed by atoms with E-state index in [-0.39, 0.29) is 17.2 Å². The first kappa shape index (κ1) is 16.5. The first-order valence-electron chi connectivity index (χ1n) is 6.23. The summed E-state index contributed by atoms with van der Waals surface area (Å²) in [6.45, 7) is 1.30. The normalized spacial score (nSPS) is 11.1. The molecule has 2 N–H and O–H groups in total. The fourth-order valence-electron chi connectivity index (χ4n) is 1.63. The van der Waals surface area contributed by atoms with Gasteiger partial charge in [-0.15, -0.1) is 0 Å². The summed E-state index contributed by atoms with van der Waals surface area (Å²) < 4.78 is 28.0. The van der Waals surface area contributed by atoms with Gasteiger partial charge in [-0.2, -0.15) is 0 Å². The number of carbonyl (C=O) groups excluding carboxylic acids is 1. The molecular weight excluding hydrogens is 280 g/mol. The molecule has 0 aliphatic heterocycles. The van der Waals surface area contributed by atoms with Crippen molar-refractivity contribution in [3.05, 3.63) is 24.3 Å². The number of ether oxygens (including phenoxy) is 1. The van der Waals surface area contributed by atoms with Gasteiger partial charge in [-0.1, -0.05) is 12.1 Å². The molecule has 1 rings (SSSR count). The van der Waals surface area contributed by atoms with Crippen LogP contribution in [0.15, 0.2) is 29.2 Å². The van der Waals surface area contributed by atoms with E-state index in [0.717, 1.165) is 6.26 Å². The Morgan fingerprint density at radius 2 is 1.95 bits per heavy atom. The number of hydrogen-bond acceptors (Lipinski definition) is 5. The number of methoxy groups -OCH3 is 1. The number of benzene rings is 1. The molecule has 0 aromatic heterocycles. The van der Waals surface area contributed by atoms with E-state index < -0.39 is 9.84 Å². The Morgan fingerprint density at radius 3 is 2.60 bits per heavy atom. The summed E-state index contributed by atoms with van der Waals surface area (Å²) in [4.78, 5) is 11.7. The topological polar surface area (TPSA) is 84.5 Å². The van der Waals surface area contributed by atoms with E-state index in [1.54, 1.807) is 25.3 Å². The lowest BCUT2D eigenvalue weighted by Crippen LogP contribution is -2.28. The van der Waals surface area contributed by atoms with E-state index in [0.29, 0.717) is 25.4 Å². The molecule has 1 aromatic carbocycles. The molecule has 6 nitrogen and oxygen atoms in total. The van der Waals surface area contributed by atoms with Crippen LogP contribution in [0.5, 0.6) is 0 Å². The first-order chi connectivity index (χ1) is 9.45. The minimum atomic E-state index is -3.28. The highest BCUT2D eigenvalue weighted by molar-refractivity contribution is 7.90. The quantitative estimate of drug-likeness (QED) is 0.689. The summed E-state index contributed by atoms with van der Waals surface area (Å²) in [5, 5.41) is 5.66. The number of rotatable bonds is 8. The van der Waals surface area contributed by atoms with Gasteiger partial charge in [0.05, 0.1) is 17.2 Å². The monoisotopic (exact) mass is 300 g/mol. The molecule has 0 fully saturated rings. The SMILES string of the molecule is COCCNC(=O)CCNc1ccccc1S(C)(=O)=O. The Balaban J connectivity index is 2.49. The zero-order chi connectivity index (χ0) is 15.0. The van der Waals surface area contributed by atoms with E-state index >= 15 is 0 Å². The van der Waals surface area contributed by atoms with Crippen molar-refractivity contribution >= 4 is 21.4 Å². The minimum Gasteiger partial charge on any atom is -0.383 e. The van der Waals surface area contributed by atoms with Gasteiger partial charge in [-0.05, 0) is 12.1 Å². The van der Waals surface area contributed by atoms with Crippen molar-refractivity contribution in [3.8, 4) is 0 Å². The summed E-state index contributed by atoms with van der Waals surface area (Å²) in [5.74, 6) is -0.105. The van der Waals surface area contributed by atoms with Crippen molar-refractivity contribution < 1.29 is 17.9 Å². The predicted molar refractivity (Wildman–Crippen MR) is 77.5 cm³/mol. The lowest BCUT2D eigenvalue weighted by molar-refractivity contribution is -0.121. The maximum Gasteiger partial charge on any atom is 0.221 e. The van der Waals surface area contributed by atoms with Gasteiger partial charge in [0.15, 0.2) is 9.84 Å². The third kappa shape index (κ3) is 5.58. The molecule has 0 unspecified atom stereocenters. The lowest BCUT2D eigenvalue weighted by atomic mass is 10.3. The van der Waals surface area contributed by atoms with Crippen LogP contribution in [0.1, 0.15) is 6.42 Å². The van der Waals surface area contributed by atoms with Crippen LogP contribution in [0.3, 0.4) is 0 Å². The molecular formula is C13H20N2O4S. The molecule has 112 valence electrons. The Hall–Kier alpha value is -1.60. The Labute approximate surface area is 119 Å². The standard InChI is InChI=1S/C13H20N2O4S/c1-19-10-9-15-13(16)7-8-14-11-5-3-4-6-12(11)20(2,17)18/h3-6,14H,7-10H2,1-2H3,(H,15,16). The average Bonchev–Trinajstić information content (AvgIpc) is 2.38.